The Morgan fingerprint density at radius 2 is 1.78 bits per heavy atom. The number of rotatable bonds is 5. The van der Waals surface area contributed by atoms with Crippen LogP contribution in [-0.4, -0.2) is 53.0 Å². The average molecular weight is 435 g/mol. The minimum Gasteiger partial charge on any atom is -0.507 e. The highest BCUT2D eigenvalue weighted by Crippen LogP contribution is 2.26. The molecule has 0 spiro atoms. The van der Waals surface area contributed by atoms with Crippen LogP contribution >= 0.6 is 0 Å². The Labute approximate surface area is 190 Å². The number of piperazine rings is 1. The van der Waals surface area contributed by atoms with Crippen LogP contribution in [0.2, 0.25) is 0 Å². The SMILES string of the molecule is N=C(N)C(/C=C(\N)c1ccccc1O)=C1C=C(N2CCN(C3CCCCC3)CC2)C=CN1. The van der Waals surface area contributed by atoms with E-state index in [1.807, 2.05) is 18.3 Å². The largest absolute Gasteiger partial charge is 0.507 e. The molecule has 2 fully saturated rings. The molecule has 170 valence electrons. The second-order valence-corrected chi connectivity index (χ2v) is 8.72. The average Bonchev–Trinajstić information content (AvgIpc) is 2.83. The molecule has 7 N–H and O–H groups in total. The minimum absolute atomic E-state index is 0.0844. The Kier molecular flexibility index (Phi) is 6.85. The highest BCUT2D eigenvalue weighted by molar-refractivity contribution is 6.00. The van der Waals surface area contributed by atoms with E-state index in [1.54, 1.807) is 24.3 Å². The van der Waals surface area contributed by atoms with Crippen molar-refractivity contribution in [2.75, 3.05) is 26.2 Å². The first kappa shape index (κ1) is 22.0. The van der Waals surface area contributed by atoms with Crippen LogP contribution < -0.4 is 16.8 Å². The summed E-state index contributed by atoms with van der Waals surface area (Å²) in [5.74, 6) is 0.0107. The number of aromatic hydroxyl groups is 1. The summed E-state index contributed by atoms with van der Waals surface area (Å²) >= 11 is 0. The standard InChI is InChI=1S/C25H34N6O/c26-22(20-8-4-5-9-24(20)32)17-21(25(27)28)23-16-19(10-11-29-23)31-14-12-30(13-15-31)18-6-2-1-3-7-18/h4-5,8-11,16-18,29,32H,1-3,6-7,12-15,26H2,(H3,27,28)/b22-17-,23-21?. The summed E-state index contributed by atoms with van der Waals surface area (Å²) < 4.78 is 0. The number of amidine groups is 1. The van der Waals surface area contributed by atoms with Crippen molar-refractivity contribution in [1.29, 1.82) is 5.41 Å². The second kappa shape index (κ2) is 9.96. The molecule has 2 heterocycles. The molecule has 0 bridgehead atoms. The van der Waals surface area contributed by atoms with E-state index in [0.29, 0.717) is 16.8 Å². The number of nitrogens with one attached hydrogen (secondary N) is 2. The molecular formula is C25H34N6O. The van der Waals surface area contributed by atoms with Gasteiger partial charge in [-0.3, -0.25) is 10.3 Å². The molecular weight excluding hydrogens is 400 g/mol. The van der Waals surface area contributed by atoms with Crippen LogP contribution in [0.25, 0.3) is 5.70 Å². The second-order valence-electron chi connectivity index (χ2n) is 8.72. The fraction of sp³-hybridized carbons (Fsp3) is 0.400. The summed E-state index contributed by atoms with van der Waals surface area (Å²) in [6.07, 6.45) is 14.4. The van der Waals surface area contributed by atoms with E-state index >= 15 is 0 Å². The fourth-order valence-electron chi connectivity index (χ4n) is 4.85. The van der Waals surface area contributed by atoms with Crippen molar-refractivity contribution in [3.63, 3.8) is 0 Å². The van der Waals surface area contributed by atoms with Gasteiger partial charge in [0.05, 0.1) is 5.70 Å². The van der Waals surface area contributed by atoms with Gasteiger partial charge in [-0.1, -0.05) is 31.4 Å². The van der Waals surface area contributed by atoms with Gasteiger partial charge < -0.3 is 26.8 Å². The zero-order valence-corrected chi connectivity index (χ0v) is 18.6. The van der Waals surface area contributed by atoms with Crippen LogP contribution in [0, 0.1) is 5.41 Å². The Morgan fingerprint density at radius 1 is 1.06 bits per heavy atom. The first-order chi connectivity index (χ1) is 15.5. The molecule has 0 atom stereocenters. The quantitative estimate of drug-likeness (QED) is 0.360. The monoisotopic (exact) mass is 434 g/mol. The van der Waals surface area contributed by atoms with Gasteiger partial charge in [-0.05, 0) is 43.2 Å². The Morgan fingerprint density at radius 3 is 2.47 bits per heavy atom. The maximum absolute atomic E-state index is 10.1. The highest BCUT2D eigenvalue weighted by atomic mass is 16.3. The van der Waals surface area contributed by atoms with Crippen molar-refractivity contribution < 1.29 is 5.11 Å². The lowest BCUT2D eigenvalue weighted by Crippen LogP contribution is -2.50. The fourth-order valence-corrected chi connectivity index (χ4v) is 4.85. The van der Waals surface area contributed by atoms with E-state index < -0.39 is 0 Å². The number of dihydropyridines is 1. The number of benzene rings is 1. The molecule has 1 saturated carbocycles. The lowest BCUT2D eigenvalue weighted by molar-refractivity contribution is 0.0958. The van der Waals surface area contributed by atoms with Gasteiger partial charge >= 0.3 is 0 Å². The Balaban J connectivity index is 1.52. The van der Waals surface area contributed by atoms with E-state index in [-0.39, 0.29) is 11.6 Å². The summed E-state index contributed by atoms with van der Waals surface area (Å²) in [4.78, 5) is 5.05. The maximum atomic E-state index is 10.1. The van der Waals surface area contributed by atoms with Crippen LogP contribution in [0.1, 0.15) is 37.7 Å². The number of para-hydroxylation sites is 1. The molecule has 1 aliphatic carbocycles. The number of hydrogen-bond acceptors (Lipinski definition) is 6. The molecule has 1 aromatic rings. The molecule has 3 aliphatic rings. The zero-order valence-electron chi connectivity index (χ0n) is 18.6. The molecule has 7 nitrogen and oxygen atoms in total. The van der Waals surface area contributed by atoms with Crippen molar-refractivity contribution >= 4 is 11.5 Å². The predicted molar refractivity (Wildman–Crippen MR) is 130 cm³/mol. The van der Waals surface area contributed by atoms with Gasteiger partial charge in [-0.2, -0.15) is 0 Å². The van der Waals surface area contributed by atoms with Crippen LogP contribution in [0.3, 0.4) is 0 Å². The highest BCUT2D eigenvalue weighted by Gasteiger charge is 2.26. The van der Waals surface area contributed by atoms with Gasteiger partial charge in [0, 0.05) is 61.0 Å². The van der Waals surface area contributed by atoms with Crippen molar-refractivity contribution in [2.24, 2.45) is 11.5 Å². The number of nitrogens with zero attached hydrogens (tertiary/aromatic N) is 2. The van der Waals surface area contributed by atoms with Gasteiger partial charge in [-0.25, -0.2) is 0 Å². The molecule has 0 radical (unpaired) electrons. The van der Waals surface area contributed by atoms with E-state index in [9.17, 15) is 5.11 Å². The summed E-state index contributed by atoms with van der Waals surface area (Å²) in [6, 6.07) is 7.63. The van der Waals surface area contributed by atoms with Gasteiger partial charge in [0.2, 0.25) is 0 Å². The normalized spacial score (nSPS) is 22.3. The topological polar surface area (TPSA) is 115 Å². The van der Waals surface area contributed by atoms with Crippen LogP contribution in [0.5, 0.6) is 5.75 Å². The van der Waals surface area contributed by atoms with Gasteiger partial charge in [0.15, 0.2) is 0 Å². The minimum atomic E-state index is -0.0844. The van der Waals surface area contributed by atoms with E-state index in [1.165, 1.54) is 32.1 Å². The van der Waals surface area contributed by atoms with E-state index in [0.717, 1.165) is 43.6 Å². The molecule has 4 rings (SSSR count). The summed E-state index contributed by atoms with van der Waals surface area (Å²) in [7, 11) is 0. The van der Waals surface area contributed by atoms with Crippen molar-refractivity contribution in [3.05, 3.63) is 71.2 Å². The molecule has 0 amide bonds. The first-order valence-corrected chi connectivity index (χ1v) is 11.5. The van der Waals surface area contributed by atoms with Gasteiger partial charge in [0.25, 0.3) is 0 Å². The van der Waals surface area contributed by atoms with Crippen molar-refractivity contribution in [3.8, 4) is 5.75 Å². The lowest BCUT2D eigenvalue weighted by Gasteiger charge is -2.42. The third-order valence-electron chi connectivity index (χ3n) is 6.65. The van der Waals surface area contributed by atoms with Crippen LogP contribution in [0.15, 0.2) is 65.7 Å². The summed E-state index contributed by atoms with van der Waals surface area (Å²) in [5.41, 5.74) is 15.3. The van der Waals surface area contributed by atoms with Crippen LogP contribution in [0.4, 0.5) is 0 Å². The third kappa shape index (κ3) is 4.99. The molecule has 7 heteroatoms. The number of hydrogen-bond donors (Lipinski definition) is 5. The summed E-state index contributed by atoms with van der Waals surface area (Å²) in [5, 5.41) is 21.4. The Hall–Kier alpha value is -3.19. The molecule has 2 aliphatic heterocycles. The number of allylic oxidation sites excluding steroid dienone is 2. The number of phenolic OH excluding ortho intramolecular Hbond substituents is 1. The first-order valence-electron chi connectivity index (χ1n) is 11.5. The van der Waals surface area contributed by atoms with Crippen molar-refractivity contribution in [1.82, 2.24) is 15.1 Å². The van der Waals surface area contributed by atoms with E-state index in [2.05, 4.69) is 21.2 Å². The van der Waals surface area contributed by atoms with Gasteiger partial charge in [0.1, 0.15) is 11.6 Å². The smallest absolute Gasteiger partial charge is 0.124 e. The predicted octanol–water partition coefficient (Wildman–Crippen LogP) is 2.83. The number of phenols is 1. The molecule has 32 heavy (non-hydrogen) atoms. The maximum Gasteiger partial charge on any atom is 0.124 e. The van der Waals surface area contributed by atoms with E-state index in [4.69, 9.17) is 16.9 Å². The third-order valence-corrected chi connectivity index (χ3v) is 6.65. The molecule has 0 aromatic heterocycles. The van der Waals surface area contributed by atoms with Gasteiger partial charge in [-0.15, -0.1) is 0 Å². The number of nitrogens with two attached hydrogens (primary N) is 2. The lowest BCUT2D eigenvalue weighted by atomic mass is 9.94. The Bertz CT molecular complexity index is 962. The molecule has 1 saturated heterocycles. The zero-order chi connectivity index (χ0) is 22.5. The van der Waals surface area contributed by atoms with Crippen molar-refractivity contribution in [2.45, 2.75) is 38.1 Å². The molecule has 1 aromatic carbocycles. The van der Waals surface area contributed by atoms with Crippen LogP contribution in [-0.2, 0) is 0 Å². The molecule has 0 unspecified atom stereocenters. The summed E-state index contributed by atoms with van der Waals surface area (Å²) in [6.45, 7) is 4.15.